The largest absolute Gasteiger partial charge is 0.294 e. The van der Waals surface area contributed by atoms with Crippen molar-refractivity contribution >= 4 is 37.2 Å². The monoisotopic (exact) mass is 219 g/mol. The van der Waals surface area contributed by atoms with Gasteiger partial charge in [0.1, 0.15) is 7.17 Å². The number of rotatable bonds is 5. The summed E-state index contributed by atoms with van der Waals surface area (Å²) in [5, 5.41) is 0. The van der Waals surface area contributed by atoms with E-state index < -0.39 is 10.1 Å². The first-order chi connectivity index (χ1) is 7.04. The molecule has 3 nitrogen and oxygen atoms in total. The van der Waals surface area contributed by atoms with Crippen molar-refractivity contribution in [2.24, 2.45) is 0 Å². The lowest BCUT2D eigenvalue weighted by Gasteiger charge is -2.00. The minimum absolute atomic E-state index is 0.0818. The molecular weight excluding hydrogens is 209 g/mol. The molecule has 0 amide bonds. The lowest BCUT2D eigenvalue weighted by molar-refractivity contribution is 0.483. The molecule has 0 saturated heterocycles. The Kier molecular flexibility index (Phi) is 4.48. The third kappa shape index (κ3) is 4.14. The van der Waals surface area contributed by atoms with Crippen molar-refractivity contribution < 1.29 is 13.0 Å². The summed E-state index contributed by atoms with van der Waals surface area (Å²) in [7, 11) is 1.81. The molecule has 15 heavy (non-hydrogen) atoms. The normalized spacial score (nSPS) is 10.8. The SMILES string of the molecule is C[B]C[B][B]c1ccc(S(=O)(=O)O)cc1. The highest BCUT2D eigenvalue weighted by Crippen LogP contribution is 2.04. The molecule has 1 aromatic carbocycles. The summed E-state index contributed by atoms with van der Waals surface area (Å²) in [6, 6.07) is 6.06. The minimum atomic E-state index is -4.08. The summed E-state index contributed by atoms with van der Waals surface area (Å²) in [5.41, 5.74) is 0.907. The standard InChI is InChI=1S/C8H10B3O3S/c1-9-6-10-11-7-2-4-8(5-3-7)15(12,13)14/h2-5H,6H2,1H3,(H,12,13,14). The molecule has 0 atom stereocenters. The smallest absolute Gasteiger partial charge is 0.282 e. The average molecular weight is 219 g/mol. The molecule has 0 heterocycles. The van der Waals surface area contributed by atoms with Gasteiger partial charge in [0, 0.05) is 0 Å². The van der Waals surface area contributed by atoms with E-state index in [1.54, 1.807) is 12.1 Å². The van der Waals surface area contributed by atoms with Gasteiger partial charge in [-0.25, -0.2) is 0 Å². The van der Waals surface area contributed by atoms with Crippen LogP contribution in [0.3, 0.4) is 0 Å². The van der Waals surface area contributed by atoms with Gasteiger partial charge >= 0.3 is 0 Å². The molecule has 0 aliphatic carbocycles. The molecule has 0 fully saturated rings. The third-order valence-electron chi connectivity index (χ3n) is 1.86. The maximum Gasteiger partial charge on any atom is 0.294 e. The van der Waals surface area contributed by atoms with Gasteiger partial charge in [0.15, 0.2) is 0 Å². The van der Waals surface area contributed by atoms with Crippen LogP contribution >= 0.6 is 0 Å². The van der Waals surface area contributed by atoms with Crippen molar-refractivity contribution in [3.05, 3.63) is 24.3 Å². The molecule has 1 rings (SSSR count). The molecule has 0 unspecified atom stereocenters. The van der Waals surface area contributed by atoms with Crippen molar-refractivity contribution in [2.45, 2.75) is 17.9 Å². The molecule has 0 aliphatic rings. The summed E-state index contributed by atoms with van der Waals surface area (Å²) in [4.78, 5) is -0.0818. The van der Waals surface area contributed by atoms with Crippen LogP contribution in [0.2, 0.25) is 13.0 Å². The second-order valence-electron chi connectivity index (χ2n) is 3.09. The second-order valence-corrected chi connectivity index (χ2v) is 4.51. The summed E-state index contributed by atoms with van der Waals surface area (Å²) in [6.07, 6.45) is 0.875. The zero-order valence-electron chi connectivity index (χ0n) is 8.42. The fourth-order valence-corrected chi connectivity index (χ4v) is 1.57. The average Bonchev–Trinajstić information content (AvgIpc) is 2.18. The Morgan fingerprint density at radius 2 is 1.87 bits per heavy atom. The van der Waals surface area contributed by atoms with Crippen molar-refractivity contribution in [1.82, 2.24) is 0 Å². The van der Waals surface area contributed by atoms with Gasteiger partial charge < -0.3 is 0 Å². The number of hydrogen-bond donors (Lipinski definition) is 1. The Balaban J connectivity index is 2.65. The van der Waals surface area contributed by atoms with Gasteiger partial charge in [-0.2, -0.15) is 8.42 Å². The van der Waals surface area contributed by atoms with E-state index in [-0.39, 0.29) is 4.90 Å². The van der Waals surface area contributed by atoms with Crippen LogP contribution < -0.4 is 5.46 Å². The molecule has 75 valence electrons. The summed E-state index contributed by atoms with van der Waals surface area (Å²) >= 11 is 0. The predicted molar refractivity (Wildman–Crippen MR) is 63.8 cm³/mol. The van der Waals surface area contributed by atoms with Crippen LogP contribution in [-0.2, 0) is 10.1 Å². The van der Waals surface area contributed by atoms with E-state index in [2.05, 4.69) is 0 Å². The predicted octanol–water partition coefficient (Wildman–Crippen LogP) is 0.0101. The fraction of sp³-hybridized carbons (Fsp3) is 0.250. The van der Waals surface area contributed by atoms with Crippen molar-refractivity contribution in [2.75, 3.05) is 0 Å². The highest BCUT2D eigenvalue weighted by molar-refractivity contribution is 7.85. The molecule has 0 bridgehead atoms. The zero-order chi connectivity index (χ0) is 11.3. The van der Waals surface area contributed by atoms with E-state index in [0.29, 0.717) is 0 Å². The van der Waals surface area contributed by atoms with E-state index in [0.717, 1.165) is 11.7 Å². The molecule has 0 aromatic heterocycles. The van der Waals surface area contributed by atoms with Crippen molar-refractivity contribution in [1.29, 1.82) is 0 Å². The number of hydrogen-bond acceptors (Lipinski definition) is 2. The molecule has 3 radical (unpaired) electrons. The van der Waals surface area contributed by atoms with E-state index in [9.17, 15) is 8.42 Å². The van der Waals surface area contributed by atoms with Crippen LogP contribution in [0.5, 0.6) is 0 Å². The minimum Gasteiger partial charge on any atom is -0.282 e. The van der Waals surface area contributed by atoms with Crippen LogP contribution in [0, 0.1) is 0 Å². The molecule has 0 spiro atoms. The Morgan fingerprint density at radius 3 is 2.33 bits per heavy atom. The zero-order valence-corrected chi connectivity index (χ0v) is 9.24. The van der Waals surface area contributed by atoms with Gasteiger partial charge in [-0.3, -0.25) is 4.55 Å². The first-order valence-electron chi connectivity index (χ1n) is 4.56. The van der Waals surface area contributed by atoms with E-state index >= 15 is 0 Å². The summed E-state index contributed by atoms with van der Waals surface area (Å²) < 4.78 is 30.2. The summed E-state index contributed by atoms with van der Waals surface area (Å²) in [5.74, 6) is 0. The van der Waals surface area contributed by atoms with Gasteiger partial charge in [-0.15, -0.1) is 6.22 Å². The first-order valence-corrected chi connectivity index (χ1v) is 6.00. The molecule has 1 aromatic rings. The van der Waals surface area contributed by atoms with Crippen molar-refractivity contribution in [3.63, 3.8) is 0 Å². The Labute approximate surface area is 92.7 Å². The van der Waals surface area contributed by atoms with Gasteiger partial charge in [0.05, 0.1) is 19.3 Å². The van der Waals surface area contributed by atoms with Crippen LogP contribution in [0.1, 0.15) is 0 Å². The lowest BCUT2D eigenvalue weighted by atomic mass is 9.31. The van der Waals surface area contributed by atoms with Gasteiger partial charge in [-0.05, 0) is 12.1 Å². The third-order valence-corrected chi connectivity index (χ3v) is 2.73. The van der Waals surface area contributed by atoms with E-state index in [1.165, 1.54) is 12.1 Å². The first kappa shape index (κ1) is 12.4. The van der Waals surface area contributed by atoms with Crippen LogP contribution in [0.4, 0.5) is 0 Å². The molecule has 0 saturated carbocycles. The van der Waals surface area contributed by atoms with Gasteiger partial charge in [-0.1, -0.05) is 24.4 Å². The van der Waals surface area contributed by atoms with Crippen molar-refractivity contribution in [3.8, 4) is 0 Å². The van der Waals surface area contributed by atoms with E-state index in [1.807, 2.05) is 28.4 Å². The highest BCUT2D eigenvalue weighted by atomic mass is 32.2. The highest BCUT2D eigenvalue weighted by Gasteiger charge is 2.08. The maximum atomic E-state index is 10.7. The number of benzene rings is 1. The van der Waals surface area contributed by atoms with Crippen LogP contribution in [0.15, 0.2) is 29.2 Å². The van der Waals surface area contributed by atoms with E-state index in [4.69, 9.17) is 4.55 Å². The fourth-order valence-electron chi connectivity index (χ4n) is 1.09. The van der Waals surface area contributed by atoms with Crippen LogP contribution in [0.25, 0.3) is 0 Å². The molecule has 0 aliphatic heterocycles. The molecular formula is C8H10B3O3S. The quantitative estimate of drug-likeness (QED) is 0.430. The van der Waals surface area contributed by atoms with Crippen LogP contribution in [-0.4, -0.2) is 34.6 Å². The Hall–Kier alpha value is -0.675. The molecule has 1 N–H and O–H groups in total. The molecule has 7 heteroatoms. The van der Waals surface area contributed by atoms with Gasteiger partial charge in [0.2, 0.25) is 0 Å². The second kappa shape index (κ2) is 5.42. The maximum absolute atomic E-state index is 10.7. The lowest BCUT2D eigenvalue weighted by Crippen LogP contribution is -2.21. The summed E-state index contributed by atoms with van der Waals surface area (Å²) in [6.45, 7) is 1.96. The Morgan fingerprint density at radius 1 is 1.27 bits per heavy atom. The Bertz CT molecular complexity index is 402. The van der Waals surface area contributed by atoms with Gasteiger partial charge in [0.25, 0.3) is 10.1 Å². The topological polar surface area (TPSA) is 54.4 Å².